The molecule has 0 fully saturated rings. The molecule has 3 nitrogen and oxygen atoms in total. The summed E-state index contributed by atoms with van der Waals surface area (Å²) in [5, 5.41) is 8.86. The molecule has 0 spiro atoms. The second-order valence-corrected chi connectivity index (χ2v) is 6.52. The van der Waals surface area contributed by atoms with Gasteiger partial charge in [-0.3, -0.25) is 4.98 Å². The van der Waals surface area contributed by atoms with Crippen LogP contribution in [0, 0.1) is 11.3 Å². The highest BCUT2D eigenvalue weighted by molar-refractivity contribution is 5.78. The lowest BCUT2D eigenvalue weighted by Crippen LogP contribution is -1.99. The molecule has 0 aliphatic heterocycles. The van der Waals surface area contributed by atoms with Crippen molar-refractivity contribution in [1.82, 2.24) is 9.97 Å². The van der Waals surface area contributed by atoms with Crippen LogP contribution in [0.5, 0.6) is 0 Å². The first-order chi connectivity index (χ1) is 13.2. The van der Waals surface area contributed by atoms with Crippen LogP contribution in [0.25, 0.3) is 28.6 Å². The third-order valence-electron chi connectivity index (χ3n) is 4.54. The number of aryl methyl sites for hydroxylation is 1. The van der Waals surface area contributed by atoms with Gasteiger partial charge in [-0.1, -0.05) is 74.5 Å². The summed E-state index contributed by atoms with van der Waals surface area (Å²) in [5.41, 5.74) is 6.92. The molecule has 1 heterocycles. The van der Waals surface area contributed by atoms with Gasteiger partial charge in [0.2, 0.25) is 0 Å². The largest absolute Gasteiger partial charge is 0.252 e. The van der Waals surface area contributed by atoms with Gasteiger partial charge in [0.25, 0.3) is 0 Å². The number of nitrogens with zero attached hydrogens (tertiary/aromatic N) is 3. The van der Waals surface area contributed by atoms with Crippen LogP contribution in [0.2, 0.25) is 0 Å². The molecule has 1 aromatic heterocycles. The number of nitriles is 1. The highest BCUT2D eigenvalue weighted by Gasteiger charge is 2.12. The molecule has 3 heteroatoms. The van der Waals surface area contributed by atoms with Crippen LogP contribution in [-0.4, -0.2) is 9.97 Å². The molecule has 0 saturated heterocycles. The molecule has 3 aromatic rings. The average Bonchev–Trinajstić information content (AvgIpc) is 2.73. The Morgan fingerprint density at radius 1 is 1.00 bits per heavy atom. The Balaban J connectivity index is 2.05. The van der Waals surface area contributed by atoms with E-state index in [9.17, 15) is 0 Å². The fourth-order valence-corrected chi connectivity index (χ4v) is 2.97. The summed E-state index contributed by atoms with van der Waals surface area (Å²) in [6.45, 7) is 6.00. The molecule has 0 atom stereocenters. The van der Waals surface area contributed by atoms with E-state index < -0.39 is 0 Å². The summed E-state index contributed by atoms with van der Waals surface area (Å²) in [5.74, 6) is 0. The number of aromatic nitrogens is 2. The lowest BCUT2D eigenvalue weighted by atomic mass is 10.0. The van der Waals surface area contributed by atoms with Crippen LogP contribution < -0.4 is 0 Å². The maximum Gasteiger partial charge on any atom is 0.0968 e. The van der Waals surface area contributed by atoms with E-state index in [1.807, 2.05) is 48.7 Å². The van der Waals surface area contributed by atoms with E-state index in [0.29, 0.717) is 6.42 Å². The van der Waals surface area contributed by atoms with Crippen LogP contribution in [0.4, 0.5) is 0 Å². The van der Waals surface area contributed by atoms with Crippen molar-refractivity contribution in [2.45, 2.75) is 32.6 Å². The zero-order valence-corrected chi connectivity index (χ0v) is 15.7. The van der Waals surface area contributed by atoms with E-state index >= 15 is 0 Å². The van der Waals surface area contributed by atoms with Gasteiger partial charge in [-0.05, 0) is 24.0 Å². The van der Waals surface area contributed by atoms with E-state index in [0.717, 1.165) is 58.6 Å². The van der Waals surface area contributed by atoms with Gasteiger partial charge >= 0.3 is 0 Å². The molecule has 0 aliphatic carbocycles. The molecule has 2 aromatic carbocycles. The number of hydrogen-bond acceptors (Lipinski definition) is 3. The van der Waals surface area contributed by atoms with Crippen molar-refractivity contribution in [3.63, 3.8) is 0 Å². The Morgan fingerprint density at radius 3 is 2.30 bits per heavy atom. The molecule has 134 valence electrons. The summed E-state index contributed by atoms with van der Waals surface area (Å²) in [4.78, 5) is 9.68. The second kappa shape index (κ2) is 8.91. The van der Waals surface area contributed by atoms with Crippen molar-refractivity contribution in [3.05, 3.63) is 78.1 Å². The zero-order valence-electron chi connectivity index (χ0n) is 15.7. The lowest BCUT2D eigenvalue weighted by molar-refractivity contribution is 0.773. The Morgan fingerprint density at radius 2 is 1.67 bits per heavy atom. The summed E-state index contributed by atoms with van der Waals surface area (Å²) in [6, 6.07) is 18.4. The molecule has 0 radical (unpaired) electrons. The summed E-state index contributed by atoms with van der Waals surface area (Å²) in [7, 11) is 0. The van der Waals surface area contributed by atoms with Gasteiger partial charge in [0.15, 0.2) is 0 Å². The predicted molar refractivity (Wildman–Crippen MR) is 111 cm³/mol. The van der Waals surface area contributed by atoms with Crippen molar-refractivity contribution in [2.75, 3.05) is 0 Å². The molecule has 27 heavy (non-hydrogen) atoms. The topological polar surface area (TPSA) is 49.6 Å². The summed E-state index contributed by atoms with van der Waals surface area (Å²) in [6.07, 6.45) is 7.30. The van der Waals surface area contributed by atoms with E-state index in [4.69, 9.17) is 15.2 Å². The second-order valence-electron chi connectivity index (χ2n) is 6.52. The Hall–Kier alpha value is -3.25. The van der Waals surface area contributed by atoms with Crippen molar-refractivity contribution in [1.29, 1.82) is 5.26 Å². The maximum atomic E-state index is 8.86. The molecule has 0 saturated carbocycles. The van der Waals surface area contributed by atoms with Gasteiger partial charge in [0, 0.05) is 17.3 Å². The molecule has 0 bridgehead atoms. The number of benzene rings is 2. The van der Waals surface area contributed by atoms with Crippen LogP contribution in [-0.2, 0) is 12.8 Å². The number of hydrogen-bond donors (Lipinski definition) is 0. The van der Waals surface area contributed by atoms with E-state index in [-0.39, 0.29) is 0 Å². The molecule has 0 N–H and O–H groups in total. The number of rotatable bonds is 7. The summed E-state index contributed by atoms with van der Waals surface area (Å²) >= 11 is 0. The monoisotopic (exact) mass is 353 g/mol. The average molecular weight is 353 g/mol. The molecular formula is C24H23N3. The van der Waals surface area contributed by atoms with Gasteiger partial charge < -0.3 is 0 Å². The van der Waals surface area contributed by atoms with Crippen molar-refractivity contribution in [3.8, 4) is 28.6 Å². The van der Waals surface area contributed by atoms with Crippen LogP contribution >= 0.6 is 0 Å². The van der Waals surface area contributed by atoms with E-state index in [1.165, 1.54) is 0 Å². The van der Waals surface area contributed by atoms with E-state index in [1.54, 1.807) is 0 Å². The van der Waals surface area contributed by atoms with Gasteiger partial charge in [-0.25, -0.2) is 4.98 Å². The highest BCUT2D eigenvalue weighted by atomic mass is 14.8. The van der Waals surface area contributed by atoms with Gasteiger partial charge in [-0.2, -0.15) is 5.26 Å². The molecule has 0 unspecified atom stereocenters. The minimum absolute atomic E-state index is 0.414. The molecule has 0 aliphatic rings. The van der Waals surface area contributed by atoms with Crippen molar-refractivity contribution < 1.29 is 0 Å². The maximum absolute atomic E-state index is 8.86. The van der Waals surface area contributed by atoms with Crippen LogP contribution in [0.1, 0.15) is 36.6 Å². The zero-order chi connectivity index (χ0) is 19.1. The van der Waals surface area contributed by atoms with Crippen molar-refractivity contribution >= 4 is 6.08 Å². The first kappa shape index (κ1) is 18.5. The Labute approximate surface area is 161 Å². The van der Waals surface area contributed by atoms with Gasteiger partial charge in [-0.15, -0.1) is 0 Å². The van der Waals surface area contributed by atoms with Gasteiger partial charge in [0.1, 0.15) is 0 Å². The number of unbranched alkanes of at least 4 members (excludes halogenated alkanes) is 1. The lowest BCUT2D eigenvalue weighted by Gasteiger charge is -2.11. The fraction of sp³-hybridized carbons (Fsp3) is 0.208. The van der Waals surface area contributed by atoms with Crippen LogP contribution in [0.3, 0.4) is 0 Å². The smallest absolute Gasteiger partial charge is 0.0968 e. The minimum atomic E-state index is 0.414. The standard InChI is InChI=1S/C24H23N3/c1-3-5-6-22-17-26-23(20-13-9-19(10-14-20)15-16-25)24(27-22)21-11-7-18(4-2)8-12-21/h4,7-14,17H,2-3,5-6,15H2,1H3. The summed E-state index contributed by atoms with van der Waals surface area (Å²) < 4.78 is 0. The Kier molecular flexibility index (Phi) is 6.12. The SMILES string of the molecule is C=Cc1ccc(-c2nc(CCCC)cnc2-c2ccc(CC#N)cc2)cc1. The fourth-order valence-electron chi connectivity index (χ4n) is 2.97. The normalized spacial score (nSPS) is 10.4. The third-order valence-corrected chi connectivity index (χ3v) is 4.54. The Bertz CT molecular complexity index is 948. The van der Waals surface area contributed by atoms with Gasteiger partial charge in [0.05, 0.1) is 29.6 Å². The van der Waals surface area contributed by atoms with E-state index in [2.05, 4.69) is 31.7 Å². The first-order valence-electron chi connectivity index (χ1n) is 9.30. The van der Waals surface area contributed by atoms with Crippen LogP contribution in [0.15, 0.2) is 61.3 Å². The highest BCUT2D eigenvalue weighted by Crippen LogP contribution is 2.30. The third kappa shape index (κ3) is 4.48. The molecular weight excluding hydrogens is 330 g/mol. The molecule has 0 amide bonds. The quantitative estimate of drug-likeness (QED) is 0.534. The molecule has 3 rings (SSSR count). The minimum Gasteiger partial charge on any atom is -0.252 e. The van der Waals surface area contributed by atoms with Crippen molar-refractivity contribution in [2.24, 2.45) is 0 Å². The predicted octanol–water partition coefficient (Wildman–Crippen LogP) is 5.86. The first-order valence-corrected chi connectivity index (χ1v) is 9.30.